The molecule has 0 fully saturated rings. The molecule has 0 aliphatic heterocycles. The van der Waals surface area contributed by atoms with E-state index in [4.69, 9.17) is 16.3 Å². The molecule has 0 unspecified atom stereocenters. The number of hydrogen-bond donors (Lipinski definition) is 2. The van der Waals surface area contributed by atoms with Gasteiger partial charge in [-0.05, 0) is 24.3 Å². The fourth-order valence-corrected chi connectivity index (χ4v) is 2.21. The minimum atomic E-state index is -0.495. The molecule has 0 saturated carbocycles. The first-order valence-electron chi connectivity index (χ1n) is 7.02. The van der Waals surface area contributed by atoms with Gasteiger partial charge >= 0.3 is 5.97 Å². The minimum Gasteiger partial charge on any atom is -0.427 e. The van der Waals surface area contributed by atoms with Crippen molar-refractivity contribution in [2.24, 2.45) is 0 Å². The minimum absolute atomic E-state index is 0.242. The lowest BCUT2D eigenvalue weighted by atomic mass is 10.2. The van der Waals surface area contributed by atoms with Crippen LogP contribution < -0.4 is 15.4 Å². The molecule has 0 heterocycles. The van der Waals surface area contributed by atoms with Gasteiger partial charge in [-0.25, -0.2) is 0 Å². The normalized spacial score (nSPS) is 9.96. The van der Waals surface area contributed by atoms with Crippen molar-refractivity contribution in [2.45, 2.75) is 13.8 Å². The lowest BCUT2D eigenvalue weighted by molar-refractivity contribution is -0.131. The van der Waals surface area contributed by atoms with Gasteiger partial charge in [-0.2, -0.15) is 0 Å². The summed E-state index contributed by atoms with van der Waals surface area (Å²) in [6, 6.07) is 11.1. The maximum atomic E-state index is 12.4. The van der Waals surface area contributed by atoms with Crippen LogP contribution in [-0.2, 0) is 9.59 Å². The quantitative estimate of drug-likeness (QED) is 0.655. The molecular formula is C17H15ClN2O4. The highest BCUT2D eigenvalue weighted by Gasteiger charge is 2.14. The molecule has 7 heteroatoms. The van der Waals surface area contributed by atoms with Crippen LogP contribution in [0.4, 0.5) is 11.4 Å². The van der Waals surface area contributed by atoms with Crippen LogP contribution in [0.5, 0.6) is 5.75 Å². The van der Waals surface area contributed by atoms with Crippen LogP contribution in [0, 0.1) is 0 Å². The van der Waals surface area contributed by atoms with Gasteiger partial charge in [0.1, 0.15) is 5.75 Å². The fraction of sp³-hybridized carbons (Fsp3) is 0.118. The van der Waals surface area contributed by atoms with Crippen LogP contribution in [0.2, 0.25) is 5.02 Å². The SMILES string of the molecule is CC(=O)Nc1ccc(OC(C)=O)cc1NC(=O)c1ccccc1Cl. The fourth-order valence-electron chi connectivity index (χ4n) is 1.99. The number of nitrogens with one attached hydrogen (secondary N) is 2. The standard InChI is InChI=1S/C17H15ClN2O4/c1-10(21)19-15-8-7-12(24-11(2)22)9-16(15)20-17(23)13-5-3-4-6-14(13)18/h3-9H,1-2H3,(H,19,21)(H,20,23). The van der Waals surface area contributed by atoms with Crippen molar-refractivity contribution in [3.05, 3.63) is 53.1 Å². The van der Waals surface area contributed by atoms with Gasteiger partial charge < -0.3 is 15.4 Å². The van der Waals surface area contributed by atoms with Gasteiger partial charge in [0.15, 0.2) is 0 Å². The van der Waals surface area contributed by atoms with Gasteiger partial charge in [-0.15, -0.1) is 0 Å². The number of halogens is 1. The average Bonchev–Trinajstić information content (AvgIpc) is 2.49. The number of anilines is 2. The zero-order valence-electron chi connectivity index (χ0n) is 13.1. The topological polar surface area (TPSA) is 84.5 Å². The Hall–Kier alpha value is -2.86. The molecule has 0 bridgehead atoms. The van der Waals surface area contributed by atoms with E-state index >= 15 is 0 Å². The van der Waals surface area contributed by atoms with E-state index in [2.05, 4.69) is 10.6 Å². The second-order valence-electron chi connectivity index (χ2n) is 4.92. The van der Waals surface area contributed by atoms with Gasteiger partial charge in [0.05, 0.1) is 22.0 Å². The van der Waals surface area contributed by atoms with Crippen molar-refractivity contribution in [3.63, 3.8) is 0 Å². The van der Waals surface area contributed by atoms with Crippen LogP contribution in [0.15, 0.2) is 42.5 Å². The molecule has 124 valence electrons. The number of rotatable bonds is 4. The third-order valence-electron chi connectivity index (χ3n) is 2.93. The zero-order valence-corrected chi connectivity index (χ0v) is 13.8. The number of amides is 2. The molecule has 0 aromatic heterocycles. The third-order valence-corrected chi connectivity index (χ3v) is 3.26. The van der Waals surface area contributed by atoms with Crippen LogP contribution in [0.1, 0.15) is 24.2 Å². The van der Waals surface area contributed by atoms with Crippen molar-refractivity contribution in [1.82, 2.24) is 0 Å². The molecular weight excluding hydrogens is 332 g/mol. The summed E-state index contributed by atoms with van der Waals surface area (Å²) in [5, 5.41) is 5.55. The molecule has 6 nitrogen and oxygen atoms in total. The highest BCUT2D eigenvalue weighted by atomic mass is 35.5. The Morgan fingerprint density at radius 3 is 2.29 bits per heavy atom. The first-order chi connectivity index (χ1) is 11.4. The molecule has 2 rings (SSSR count). The largest absolute Gasteiger partial charge is 0.427 e. The summed E-state index contributed by atoms with van der Waals surface area (Å²) >= 11 is 6.01. The number of carbonyl (C=O) groups is 3. The van der Waals surface area contributed by atoms with Gasteiger partial charge in [0.2, 0.25) is 5.91 Å². The second-order valence-corrected chi connectivity index (χ2v) is 5.32. The van der Waals surface area contributed by atoms with E-state index in [1.165, 1.54) is 32.0 Å². The molecule has 2 N–H and O–H groups in total. The van der Waals surface area contributed by atoms with Gasteiger partial charge in [0, 0.05) is 19.9 Å². The Labute approximate surface area is 143 Å². The Bertz CT molecular complexity index is 805. The number of carbonyl (C=O) groups excluding carboxylic acids is 3. The Morgan fingerprint density at radius 1 is 0.958 bits per heavy atom. The van der Waals surface area contributed by atoms with E-state index in [0.717, 1.165) is 0 Å². The second kappa shape index (κ2) is 7.61. The highest BCUT2D eigenvalue weighted by Crippen LogP contribution is 2.28. The van der Waals surface area contributed by atoms with Crippen LogP contribution in [-0.4, -0.2) is 17.8 Å². The molecule has 0 aliphatic carbocycles. The number of esters is 1. The number of hydrogen-bond acceptors (Lipinski definition) is 4. The van der Waals surface area contributed by atoms with Crippen molar-refractivity contribution in [1.29, 1.82) is 0 Å². The van der Waals surface area contributed by atoms with E-state index < -0.39 is 11.9 Å². The van der Waals surface area contributed by atoms with Crippen molar-refractivity contribution in [2.75, 3.05) is 10.6 Å². The Morgan fingerprint density at radius 2 is 1.67 bits per heavy atom. The van der Waals surface area contributed by atoms with Gasteiger partial charge in [0.25, 0.3) is 5.91 Å². The molecule has 0 aliphatic rings. The summed E-state index contributed by atoms with van der Waals surface area (Å²) in [6.07, 6.45) is 0. The monoisotopic (exact) mass is 346 g/mol. The van der Waals surface area contributed by atoms with E-state index in [1.54, 1.807) is 24.3 Å². The summed E-state index contributed by atoms with van der Waals surface area (Å²) in [7, 11) is 0. The molecule has 2 aromatic rings. The van der Waals surface area contributed by atoms with E-state index in [-0.39, 0.29) is 22.9 Å². The first kappa shape index (κ1) is 17.5. The lowest BCUT2D eigenvalue weighted by Crippen LogP contribution is -2.16. The highest BCUT2D eigenvalue weighted by molar-refractivity contribution is 6.34. The molecule has 0 saturated heterocycles. The van der Waals surface area contributed by atoms with Crippen molar-refractivity contribution < 1.29 is 19.1 Å². The van der Waals surface area contributed by atoms with Gasteiger partial charge in [-0.1, -0.05) is 23.7 Å². The van der Waals surface area contributed by atoms with Crippen LogP contribution in [0.25, 0.3) is 0 Å². The van der Waals surface area contributed by atoms with Crippen molar-refractivity contribution >= 4 is 40.8 Å². The Kier molecular flexibility index (Phi) is 5.55. The van der Waals surface area contributed by atoms with Crippen LogP contribution >= 0.6 is 11.6 Å². The smallest absolute Gasteiger partial charge is 0.308 e. The number of ether oxygens (including phenoxy) is 1. The molecule has 0 spiro atoms. The van der Waals surface area contributed by atoms with E-state index in [9.17, 15) is 14.4 Å². The van der Waals surface area contributed by atoms with Crippen LogP contribution in [0.3, 0.4) is 0 Å². The predicted octanol–water partition coefficient (Wildman–Crippen LogP) is 3.48. The summed E-state index contributed by atoms with van der Waals surface area (Å²) < 4.78 is 5.00. The number of benzene rings is 2. The van der Waals surface area contributed by atoms with Crippen molar-refractivity contribution in [3.8, 4) is 5.75 Å². The summed E-state index contributed by atoms with van der Waals surface area (Å²) in [6.45, 7) is 2.61. The predicted molar refractivity (Wildman–Crippen MR) is 91.5 cm³/mol. The molecule has 0 radical (unpaired) electrons. The first-order valence-corrected chi connectivity index (χ1v) is 7.40. The molecule has 0 atom stereocenters. The Balaban J connectivity index is 2.34. The third kappa shape index (κ3) is 4.57. The summed E-state index contributed by atoms with van der Waals surface area (Å²) in [5.41, 5.74) is 0.943. The summed E-state index contributed by atoms with van der Waals surface area (Å²) in [4.78, 5) is 34.8. The zero-order chi connectivity index (χ0) is 17.7. The maximum Gasteiger partial charge on any atom is 0.308 e. The average molecular weight is 347 g/mol. The molecule has 24 heavy (non-hydrogen) atoms. The van der Waals surface area contributed by atoms with E-state index in [1.807, 2.05) is 0 Å². The maximum absolute atomic E-state index is 12.4. The molecule has 2 aromatic carbocycles. The summed E-state index contributed by atoms with van der Waals surface area (Å²) in [5.74, 6) is -1.01. The van der Waals surface area contributed by atoms with Gasteiger partial charge in [-0.3, -0.25) is 14.4 Å². The molecule has 2 amide bonds. The van der Waals surface area contributed by atoms with E-state index in [0.29, 0.717) is 10.7 Å². The lowest BCUT2D eigenvalue weighted by Gasteiger charge is -2.13.